The highest BCUT2D eigenvalue weighted by Gasteiger charge is 2.11. The summed E-state index contributed by atoms with van der Waals surface area (Å²) in [4.78, 5) is 14.9. The lowest BCUT2D eigenvalue weighted by molar-refractivity contribution is -0.136. The predicted octanol–water partition coefficient (Wildman–Crippen LogP) is 2.52. The summed E-state index contributed by atoms with van der Waals surface area (Å²) >= 11 is 6.03. The number of carboxylic acids is 1. The SMILES string of the molecule is COc1cc2nccc(Cl)c2cc1CC(=O)O. The van der Waals surface area contributed by atoms with Gasteiger partial charge in [-0.15, -0.1) is 0 Å². The molecule has 4 nitrogen and oxygen atoms in total. The van der Waals surface area contributed by atoms with E-state index in [-0.39, 0.29) is 6.42 Å². The van der Waals surface area contributed by atoms with Gasteiger partial charge in [-0.3, -0.25) is 9.78 Å². The van der Waals surface area contributed by atoms with Gasteiger partial charge in [0.15, 0.2) is 0 Å². The van der Waals surface area contributed by atoms with Crippen LogP contribution in [0.15, 0.2) is 24.4 Å². The first-order chi connectivity index (χ1) is 8.11. The molecule has 1 aromatic heterocycles. The largest absolute Gasteiger partial charge is 0.496 e. The average molecular weight is 252 g/mol. The molecule has 0 aliphatic heterocycles. The normalized spacial score (nSPS) is 10.5. The highest BCUT2D eigenvalue weighted by molar-refractivity contribution is 6.35. The fourth-order valence-electron chi connectivity index (χ4n) is 1.68. The van der Waals surface area contributed by atoms with E-state index in [1.807, 2.05) is 0 Å². The van der Waals surface area contributed by atoms with Crippen LogP contribution in [-0.2, 0) is 11.2 Å². The molecule has 1 N–H and O–H groups in total. The Bertz CT molecular complexity index is 583. The summed E-state index contributed by atoms with van der Waals surface area (Å²) in [7, 11) is 1.50. The van der Waals surface area contributed by atoms with Gasteiger partial charge in [0.25, 0.3) is 0 Å². The van der Waals surface area contributed by atoms with Crippen LogP contribution in [0.1, 0.15) is 5.56 Å². The van der Waals surface area contributed by atoms with Gasteiger partial charge in [0.05, 0.1) is 24.1 Å². The van der Waals surface area contributed by atoms with Gasteiger partial charge < -0.3 is 9.84 Å². The van der Waals surface area contributed by atoms with Gasteiger partial charge in [-0.25, -0.2) is 0 Å². The number of hydrogen-bond acceptors (Lipinski definition) is 3. The number of carboxylic acid groups (broad SMARTS) is 1. The smallest absolute Gasteiger partial charge is 0.307 e. The third-order valence-corrected chi connectivity index (χ3v) is 2.76. The Hall–Kier alpha value is -1.81. The monoisotopic (exact) mass is 251 g/mol. The standard InChI is InChI=1S/C12H10ClNO3/c1-17-11-6-10-8(9(13)2-3-14-10)4-7(11)5-12(15)16/h2-4,6H,5H2,1H3,(H,15,16). The number of rotatable bonds is 3. The van der Waals surface area contributed by atoms with E-state index in [2.05, 4.69) is 4.98 Å². The Labute approximate surface area is 103 Å². The highest BCUT2D eigenvalue weighted by Crippen LogP contribution is 2.29. The van der Waals surface area contributed by atoms with Crippen LogP contribution in [0.2, 0.25) is 5.02 Å². The summed E-state index contributed by atoms with van der Waals surface area (Å²) in [5, 5.41) is 10.1. The first kappa shape index (κ1) is 11.7. The Morgan fingerprint density at radius 2 is 2.29 bits per heavy atom. The number of pyridine rings is 1. The molecule has 0 radical (unpaired) electrons. The fraction of sp³-hybridized carbons (Fsp3) is 0.167. The van der Waals surface area contributed by atoms with Crippen molar-refractivity contribution < 1.29 is 14.6 Å². The van der Waals surface area contributed by atoms with Gasteiger partial charge >= 0.3 is 5.97 Å². The van der Waals surface area contributed by atoms with Gasteiger partial charge in [-0.05, 0) is 12.1 Å². The van der Waals surface area contributed by atoms with Crippen LogP contribution in [-0.4, -0.2) is 23.2 Å². The summed E-state index contributed by atoms with van der Waals surface area (Å²) in [5.41, 5.74) is 1.27. The number of aliphatic carboxylic acids is 1. The van der Waals surface area contributed by atoms with Crippen LogP contribution in [0.25, 0.3) is 10.9 Å². The second-order valence-corrected chi connectivity index (χ2v) is 3.95. The van der Waals surface area contributed by atoms with Crippen molar-refractivity contribution >= 4 is 28.5 Å². The van der Waals surface area contributed by atoms with Crippen molar-refractivity contribution in [1.82, 2.24) is 4.98 Å². The molecule has 1 aromatic carbocycles. The van der Waals surface area contributed by atoms with Crippen LogP contribution >= 0.6 is 11.6 Å². The lowest BCUT2D eigenvalue weighted by Gasteiger charge is -2.09. The van der Waals surface area contributed by atoms with Crippen molar-refractivity contribution in [3.63, 3.8) is 0 Å². The van der Waals surface area contributed by atoms with Crippen molar-refractivity contribution in [1.29, 1.82) is 0 Å². The Morgan fingerprint density at radius 1 is 1.53 bits per heavy atom. The molecule has 0 saturated heterocycles. The number of carbonyl (C=O) groups is 1. The van der Waals surface area contributed by atoms with Gasteiger partial charge in [0, 0.05) is 23.2 Å². The maximum Gasteiger partial charge on any atom is 0.307 e. The predicted molar refractivity (Wildman–Crippen MR) is 64.6 cm³/mol. The maximum atomic E-state index is 10.8. The van der Waals surface area contributed by atoms with Crippen LogP contribution in [0.5, 0.6) is 5.75 Å². The number of fused-ring (bicyclic) bond motifs is 1. The summed E-state index contributed by atoms with van der Waals surface area (Å²) in [6.07, 6.45) is 1.49. The highest BCUT2D eigenvalue weighted by atomic mass is 35.5. The Balaban J connectivity index is 2.65. The second kappa shape index (κ2) is 4.59. The van der Waals surface area contributed by atoms with Crippen molar-refractivity contribution in [3.05, 3.63) is 35.0 Å². The third-order valence-electron chi connectivity index (χ3n) is 2.43. The molecule has 0 unspecified atom stereocenters. The van der Waals surface area contributed by atoms with E-state index in [1.54, 1.807) is 24.4 Å². The lowest BCUT2D eigenvalue weighted by atomic mass is 10.1. The zero-order valence-electron chi connectivity index (χ0n) is 9.11. The molecule has 0 amide bonds. The van der Waals surface area contributed by atoms with Gasteiger partial charge in [-0.1, -0.05) is 11.6 Å². The molecule has 5 heteroatoms. The zero-order valence-corrected chi connectivity index (χ0v) is 9.86. The minimum absolute atomic E-state index is 0.107. The molecule has 1 heterocycles. The van der Waals surface area contributed by atoms with E-state index in [0.717, 1.165) is 5.39 Å². The number of nitrogens with zero attached hydrogens (tertiary/aromatic N) is 1. The molecule has 0 aliphatic rings. The number of hydrogen-bond donors (Lipinski definition) is 1. The molecule has 2 rings (SSSR count). The van der Waals surface area contributed by atoms with Crippen molar-refractivity contribution in [2.24, 2.45) is 0 Å². The van der Waals surface area contributed by atoms with E-state index in [1.165, 1.54) is 7.11 Å². The Morgan fingerprint density at radius 3 is 2.94 bits per heavy atom. The van der Waals surface area contributed by atoms with Crippen LogP contribution in [0.3, 0.4) is 0 Å². The first-order valence-electron chi connectivity index (χ1n) is 4.94. The number of aromatic nitrogens is 1. The molecule has 0 fully saturated rings. The molecule has 0 spiro atoms. The molecule has 0 bridgehead atoms. The fourth-order valence-corrected chi connectivity index (χ4v) is 1.88. The second-order valence-electron chi connectivity index (χ2n) is 3.54. The minimum atomic E-state index is -0.914. The van der Waals surface area contributed by atoms with E-state index in [9.17, 15) is 4.79 Å². The molecule has 2 aromatic rings. The zero-order chi connectivity index (χ0) is 12.4. The summed E-state index contributed by atoms with van der Waals surface area (Å²) in [6.45, 7) is 0. The van der Waals surface area contributed by atoms with Crippen LogP contribution in [0, 0.1) is 0 Å². The number of methoxy groups -OCH3 is 1. The molecule has 0 atom stereocenters. The third kappa shape index (κ3) is 2.31. The summed E-state index contributed by atoms with van der Waals surface area (Å²) in [5.74, 6) is -0.405. The lowest BCUT2D eigenvalue weighted by Crippen LogP contribution is -2.02. The molecule has 17 heavy (non-hydrogen) atoms. The van der Waals surface area contributed by atoms with Crippen LogP contribution < -0.4 is 4.74 Å². The quantitative estimate of drug-likeness (QED) is 0.911. The minimum Gasteiger partial charge on any atom is -0.496 e. The molecule has 0 saturated carbocycles. The summed E-state index contributed by atoms with van der Waals surface area (Å²) in [6, 6.07) is 5.07. The number of ether oxygens (including phenoxy) is 1. The summed E-state index contributed by atoms with van der Waals surface area (Å²) < 4.78 is 5.15. The van der Waals surface area contributed by atoms with Gasteiger partial charge in [-0.2, -0.15) is 0 Å². The van der Waals surface area contributed by atoms with Gasteiger partial charge in [0.2, 0.25) is 0 Å². The van der Waals surface area contributed by atoms with Gasteiger partial charge in [0.1, 0.15) is 5.75 Å². The Kier molecular flexibility index (Phi) is 3.15. The topological polar surface area (TPSA) is 59.4 Å². The first-order valence-corrected chi connectivity index (χ1v) is 5.32. The van der Waals surface area contributed by atoms with Crippen molar-refractivity contribution in [2.75, 3.05) is 7.11 Å². The van der Waals surface area contributed by atoms with Crippen molar-refractivity contribution in [3.8, 4) is 5.75 Å². The van der Waals surface area contributed by atoms with E-state index in [4.69, 9.17) is 21.4 Å². The van der Waals surface area contributed by atoms with Crippen molar-refractivity contribution in [2.45, 2.75) is 6.42 Å². The molecule has 0 aliphatic carbocycles. The molecular weight excluding hydrogens is 242 g/mol. The van der Waals surface area contributed by atoms with Crippen LogP contribution in [0.4, 0.5) is 0 Å². The average Bonchev–Trinajstić information content (AvgIpc) is 2.29. The van der Waals surface area contributed by atoms with E-state index < -0.39 is 5.97 Å². The van der Waals surface area contributed by atoms with E-state index in [0.29, 0.717) is 21.9 Å². The molecular formula is C12H10ClNO3. The number of halogens is 1. The number of benzene rings is 1. The van der Waals surface area contributed by atoms with E-state index >= 15 is 0 Å². The molecule has 88 valence electrons. The maximum absolute atomic E-state index is 10.8.